The van der Waals surface area contributed by atoms with Crippen LogP contribution in [-0.4, -0.2) is 11.9 Å². The Morgan fingerprint density at radius 3 is 1.40 bits per heavy atom. The van der Waals surface area contributed by atoms with E-state index in [-0.39, 0.29) is 19.6 Å². The third kappa shape index (κ3) is 7.55. The number of benzene rings is 5. The van der Waals surface area contributed by atoms with E-state index in [0.717, 1.165) is 27.8 Å². The van der Waals surface area contributed by atoms with E-state index in [9.17, 15) is 9.59 Å². The summed E-state index contributed by atoms with van der Waals surface area (Å²) in [6.07, 6.45) is 3.97. The SMILES string of the molecule is O=C(OCc1ccccc1)C(Cc1ccccc1)(C(=O)OCc1ccccc1)[C@H](/C=C/c1ccccc1)c1ccccc1. The summed E-state index contributed by atoms with van der Waals surface area (Å²) in [6.45, 7) is 0.0676. The summed E-state index contributed by atoms with van der Waals surface area (Å²) in [5.74, 6) is -1.96. The van der Waals surface area contributed by atoms with Crippen molar-refractivity contribution in [3.63, 3.8) is 0 Å². The molecular formula is C39H34O4. The normalized spacial score (nSPS) is 12.0. The van der Waals surface area contributed by atoms with Crippen molar-refractivity contribution >= 4 is 18.0 Å². The molecule has 0 spiro atoms. The maximum atomic E-state index is 14.6. The lowest BCUT2D eigenvalue weighted by Crippen LogP contribution is -2.48. The van der Waals surface area contributed by atoms with Crippen molar-refractivity contribution in [3.8, 4) is 0 Å². The van der Waals surface area contributed by atoms with E-state index in [0.29, 0.717) is 0 Å². The van der Waals surface area contributed by atoms with Gasteiger partial charge in [0.05, 0.1) is 0 Å². The fraction of sp³-hybridized carbons (Fsp3) is 0.128. The minimum Gasteiger partial charge on any atom is -0.460 e. The third-order valence-corrected chi connectivity index (χ3v) is 7.45. The van der Waals surface area contributed by atoms with Gasteiger partial charge in [-0.15, -0.1) is 0 Å². The van der Waals surface area contributed by atoms with Gasteiger partial charge in [-0.1, -0.05) is 164 Å². The topological polar surface area (TPSA) is 52.6 Å². The van der Waals surface area contributed by atoms with E-state index in [1.165, 1.54) is 0 Å². The molecule has 4 nitrogen and oxygen atoms in total. The third-order valence-electron chi connectivity index (χ3n) is 7.45. The van der Waals surface area contributed by atoms with Gasteiger partial charge in [0.1, 0.15) is 13.2 Å². The van der Waals surface area contributed by atoms with Gasteiger partial charge in [0.25, 0.3) is 0 Å². The monoisotopic (exact) mass is 566 g/mol. The van der Waals surface area contributed by atoms with Crippen LogP contribution in [-0.2, 0) is 38.7 Å². The molecule has 0 unspecified atom stereocenters. The standard InChI is InChI=1S/C39H34O4/c40-37(42-29-33-20-10-3-11-21-33)39(28-32-18-8-2-9-19-32,38(41)43-30-34-22-12-4-13-23-34)36(35-24-14-5-15-25-35)27-26-31-16-6-1-7-17-31/h1-27,36H,28-30H2/b27-26+/t36-/m1/s1. The number of rotatable bonds is 12. The van der Waals surface area contributed by atoms with E-state index in [1.807, 2.05) is 164 Å². The number of allylic oxidation sites excluding steroid dienone is 1. The van der Waals surface area contributed by atoms with Crippen LogP contribution in [0.2, 0.25) is 0 Å². The second-order valence-corrected chi connectivity index (χ2v) is 10.4. The quantitative estimate of drug-likeness (QED) is 0.113. The van der Waals surface area contributed by atoms with Gasteiger partial charge in [0.15, 0.2) is 5.41 Å². The zero-order valence-corrected chi connectivity index (χ0v) is 23.9. The van der Waals surface area contributed by atoms with Crippen LogP contribution in [0.15, 0.2) is 158 Å². The van der Waals surface area contributed by atoms with Crippen LogP contribution in [0, 0.1) is 5.41 Å². The molecule has 214 valence electrons. The van der Waals surface area contributed by atoms with Crippen molar-refractivity contribution in [2.24, 2.45) is 5.41 Å². The fourth-order valence-corrected chi connectivity index (χ4v) is 5.20. The molecule has 0 bridgehead atoms. The van der Waals surface area contributed by atoms with Crippen molar-refractivity contribution in [2.75, 3.05) is 0 Å². The zero-order chi connectivity index (χ0) is 29.7. The lowest BCUT2D eigenvalue weighted by Gasteiger charge is -2.36. The predicted molar refractivity (Wildman–Crippen MR) is 170 cm³/mol. The van der Waals surface area contributed by atoms with Gasteiger partial charge in [-0.05, 0) is 27.8 Å². The molecule has 5 aromatic carbocycles. The number of esters is 2. The second kappa shape index (κ2) is 14.6. The van der Waals surface area contributed by atoms with Gasteiger partial charge in [0, 0.05) is 12.3 Å². The first-order valence-corrected chi connectivity index (χ1v) is 14.4. The lowest BCUT2D eigenvalue weighted by molar-refractivity contribution is -0.175. The van der Waals surface area contributed by atoms with Gasteiger partial charge in [0.2, 0.25) is 0 Å². The Balaban J connectivity index is 1.64. The van der Waals surface area contributed by atoms with Crippen molar-refractivity contribution in [1.82, 2.24) is 0 Å². The molecule has 0 fully saturated rings. The molecule has 0 radical (unpaired) electrons. The molecule has 0 amide bonds. The van der Waals surface area contributed by atoms with Gasteiger partial charge in [-0.25, -0.2) is 0 Å². The molecule has 0 aliphatic heterocycles. The molecule has 43 heavy (non-hydrogen) atoms. The number of hydrogen-bond donors (Lipinski definition) is 0. The zero-order valence-electron chi connectivity index (χ0n) is 23.9. The lowest BCUT2D eigenvalue weighted by atomic mass is 9.67. The van der Waals surface area contributed by atoms with E-state index >= 15 is 0 Å². The van der Waals surface area contributed by atoms with Crippen LogP contribution in [0.1, 0.15) is 33.7 Å². The summed E-state index contributed by atoms with van der Waals surface area (Å²) >= 11 is 0. The fourth-order valence-electron chi connectivity index (χ4n) is 5.20. The van der Waals surface area contributed by atoms with E-state index in [2.05, 4.69) is 0 Å². The van der Waals surface area contributed by atoms with Crippen LogP contribution in [0.4, 0.5) is 0 Å². The summed E-state index contributed by atoms with van der Waals surface area (Å²) < 4.78 is 12.0. The predicted octanol–water partition coefficient (Wildman–Crippen LogP) is 8.20. The molecule has 4 heteroatoms. The highest BCUT2D eigenvalue weighted by Gasteiger charge is 2.55. The van der Waals surface area contributed by atoms with E-state index < -0.39 is 23.3 Å². The Morgan fingerprint density at radius 1 is 0.535 bits per heavy atom. The Morgan fingerprint density at radius 2 is 0.930 bits per heavy atom. The summed E-state index contributed by atoms with van der Waals surface area (Å²) in [4.78, 5) is 29.1. The molecule has 0 saturated heterocycles. The van der Waals surface area contributed by atoms with Crippen molar-refractivity contribution < 1.29 is 19.1 Å². The smallest absolute Gasteiger partial charge is 0.325 e. The van der Waals surface area contributed by atoms with Crippen molar-refractivity contribution in [2.45, 2.75) is 25.6 Å². The molecule has 0 aliphatic carbocycles. The molecule has 5 rings (SSSR count). The Kier molecular flexibility index (Phi) is 9.94. The Hall–Kier alpha value is -5.22. The number of hydrogen-bond acceptors (Lipinski definition) is 4. The molecule has 1 atom stereocenters. The first-order chi connectivity index (χ1) is 21.1. The van der Waals surface area contributed by atoms with Crippen molar-refractivity contribution in [3.05, 3.63) is 186 Å². The second-order valence-electron chi connectivity index (χ2n) is 10.4. The van der Waals surface area contributed by atoms with E-state index in [1.54, 1.807) is 0 Å². The van der Waals surface area contributed by atoms with E-state index in [4.69, 9.17) is 9.47 Å². The van der Waals surface area contributed by atoms with Crippen LogP contribution >= 0.6 is 0 Å². The minimum atomic E-state index is -1.72. The largest absolute Gasteiger partial charge is 0.460 e. The molecule has 0 N–H and O–H groups in total. The van der Waals surface area contributed by atoms with Crippen LogP contribution < -0.4 is 0 Å². The molecule has 0 heterocycles. The summed E-state index contributed by atoms with van der Waals surface area (Å²) in [5, 5.41) is 0. The average Bonchev–Trinajstić information content (AvgIpc) is 3.08. The van der Waals surface area contributed by atoms with Crippen LogP contribution in [0.3, 0.4) is 0 Å². The highest BCUT2D eigenvalue weighted by molar-refractivity contribution is 6.02. The van der Waals surface area contributed by atoms with Gasteiger partial charge in [-0.2, -0.15) is 0 Å². The molecule has 0 saturated carbocycles. The Bertz CT molecular complexity index is 1540. The molecule has 5 aromatic rings. The summed E-state index contributed by atoms with van der Waals surface area (Å²) in [7, 11) is 0. The molecule has 0 aromatic heterocycles. The first kappa shape index (κ1) is 29.3. The number of carbonyl (C=O) groups is 2. The van der Waals surface area contributed by atoms with Crippen molar-refractivity contribution in [1.29, 1.82) is 0 Å². The number of ether oxygens (including phenoxy) is 2. The van der Waals surface area contributed by atoms with Gasteiger partial charge in [-0.3, -0.25) is 9.59 Å². The Labute approximate surface area is 253 Å². The first-order valence-electron chi connectivity index (χ1n) is 14.4. The molecular weight excluding hydrogens is 532 g/mol. The van der Waals surface area contributed by atoms with Crippen LogP contribution in [0.25, 0.3) is 6.08 Å². The highest BCUT2D eigenvalue weighted by Crippen LogP contribution is 2.44. The van der Waals surface area contributed by atoms with Crippen LogP contribution in [0.5, 0.6) is 0 Å². The maximum Gasteiger partial charge on any atom is 0.325 e. The average molecular weight is 567 g/mol. The number of carbonyl (C=O) groups excluding carboxylic acids is 2. The highest BCUT2D eigenvalue weighted by atomic mass is 16.6. The summed E-state index contributed by atoms with van der Waals surface area (Å²) in [5.41, 5.74) is 2.52. The van der Waals surface area contributed by atoms with Gasteiger partial charge < -0.3 is 9.47 Å². The minimum absolute atomic E-state index is 0.0338. The maximum absolute atomic E-state index is 14.6. The molecule has 0 aliphatic rings. The van der Waals surface area contributed by atoms with Gasteiger partial charge >= 0.3 is 11.9 Å². The summed E-state index contributed by atoms with van der Waals surface area (Å²) in [6, 6.07) is 48.0.